The van der Waals surface area contributed by atoms with E-state index in [4.69, 9.17) is 0 Å². The van der Waals surface area contributed by atoms with Crippen LogP contribution < -0.4 is 0 Å². The molecule has 0 saturated heterocycles. The molecule has 182 valence electrons. The van der Waals surface area contributed by atoms with Gasteiger partial charge in [-0.2, -0.15) is 0 Å². The summed E-state index contributed by atoms with van der Waals surface area (Å²) in [5.74, 6) is 1.03. The van der Waals surface area contributed by atoms with Crippen molar-refractivity contribution >= 4 is 32.6 Å². The SMILES string of the molecule is CC1(C)C2CCC1(CS(=O)(=O)[O-])C(=O)C2.CCCCCCC(=O)C[S+](C(C)C)C(C)C. The lowest BCUT2D eigenvalue weighted by atomic mass is 9.70. The van der Waals surface area contributed by atoms with E-state index in [-0.39, 0.29) is 28.0 Å². The summed E-state index contributed by atoms with van der Waals surface area (Å²) in [4.78, 5) is 23.7. The average molecular weight is 477 g/mol. The van der Waals surface area contributed by atoms with Crippen LogP contribution in [0.15, 0.2) is 0 Å². The summed E-state index contributed by atoms with van der Waals surface area (Å²) >= 11 is 0. The Hall–Kier alpha value is -0.400. The molecule has 0 aromatic heterocycles. The maximum Gasteiger partial charge on any atom is 0.181 e. The highest BCUT2D eigenvalue weighted by Crippen LogP contribution is 2.64. The molecule has 0 aromatic carbocycles. The molecule has 0 aliphatic heterocycles. The second-order valence-corrected chi connectivity index (χ2v) is 14.9. The van der Waals surface area contributed by atoms with Crippen LogP contribution in [0.1, 0.15) is 99.8 Å². The third-order valence-electron chi connectivity index (χ3n) is 7.41. The molecule has 2 aliphatic rings. The summed E-state index contributed by atoms with van der Waals surface area (Å²) in [6.45, 7) is 15.0. The summed E-state index contributed by atoms with van der Waals surface area (Å²) < 4.78 is 32.7. The van der Waals surface area contributed by atoms with Gasteiger partial charge >= 0.3 is 0 Å². The van der Waals surface area contributed by atoms with Crippen LogP contribution in [0.2, 0.25) is 0 Å². The highest BCUT2D eigenvalue weighted by atomic mass is 32.2. The Kier molecular flexibility index (Phi) is 10.8. The van der Waals surface area contributed by atoms with E-state index < -0.39 is 21.3 Å². The highest BCUT2D eigenvalue weighted by Gasteiger charge is 2.64. The first-order valence-corrected chi connectivity index (χ1v) is 14.9. The van der Waals surface area contributed by atoms with Crippen LogP contribution in [0.5, 0.6) is 0 Å². The van der Waals surface area contributed by atoms with Crippen LogP contribution in [0, 0.1) is 16.7 Å². The van der Waals surface area contributed by atoms with Crippen LogP contribution in [0.25, 0.3) is 0 Å². The van der Waals surface area contributed by atoms with E-state index in [2.05, 4.69) is 34.6 Å². The molecule has 7 heteroatoms. The lowest BCUT2D eigenvalue weighted by Crippen LogP contribution is -2.42. The summed E-state index contributed by atoms with van der Waals surface area (Å²) in [6, 6.07) is 0. The van der Waals surface area contributed by atoms with Gasteiger partial charge in [-0.3, -0.25) is 9.59 Å². The Bertz CT molecular complexity index is 703. The maximum absolute atomic E-state index is 11.8. The lowest BCUT2D eigenvalue weighted by molar-refractivity contribution is -0.128. The van der Waals surface area contributed by atoms with Crippen molar-refractivity contribution in [3.05, 3.63) is 0 Å². The van der Waals surface area contributed by atoms with Gasteiger partial charge in [0, 0.05) is 18.3 Å². The standard InChI is InChI=1S/C14H29OS.C10H16O4S/c1-6-7-8-9-10-14(15)11-16(12(2)3)13(4)5;1-9(2)7-3-4-10(9,8(11)5-7)6-15(12,13)14/h12-13H,6-11H2,1-5H3;7H,3-6H2,1-2H3,(H,12,13,14)/q+1;/p-1. The van der Waals surface area contributed by atoms with Gasteiger partial charge in [0.05, 0.1) is 15.9 Å². The number of rotatable bonds is 11. The van der Waals surface area contributed by atoms with E-state index in [1.54, 1.807) is 0 Å². The van der Waals surface area contributed by atoms with Gasteiger partial charge in [-0.1, -0.05) is 40.0 Å². The van der Waals surface area contributed by atoms with Gasteiger partial charge in [-0.25, -0.2) is 8.42 Å². The first-order valence-electron chi connectivity index (χ1n) is 11.8. The summed E-state index contributed by atoms with van der Waals surface area (Å²) in [5.41, 5.74) is -1.22. The van der Waals surface area contributed by atoms with E-state index in [0.29, 0.717) is 29.1 Å². The van der Waals surface area contributed by atoms with Crippen molar-refractivity contribution in [1.29, 1.82) is 0 Å². The second-order valence-electron chi connectivity index (χ2n) is 10.4. The summed E-state index contributed by atoms with van der Waals surface area (Å²) in [6.07, 6.45) is 7.52. The molecule has 0 radical (unpaired) electrons. The molecule has 31 heavy (non-hydrogen) atoms. The van der Waals surface area contributed by atoms with Crippen molar-refractivity contribution in [2.24, 2.45) is 16.7 Å². The van der Waals surface area contributed by atoms with Crippen LogP contribution in [-0.4, -0.2) is 46.5 Å². The summed E-state index contributed by atoms with van der Waals surface area (Å²) in [5, 5.41) is 1.30. The fraction of sp³-hybridized carbons (Fsp3) is 0.917. The molecule has 0 spiro atoms. The number of carbonyl (C=O) groups excluding carboxylic acids is 2. The van der Waals surface area contributed by atoms with Gasteiger partial charge in [-0.05, 0) is 69.2 Å². The second kappa shape index (κ2) is 11.6. The number of carbonyl (C=O) groups is 2. The lowest BCUT2D eigenvalue weighted by Gasteiger charge is -2.37. The minimum atomic E-state index is -4.33. The van der Waals surface area contributed by atoms with E-state index in [9.17, 15) is 22.6 Å². The van der Waals surface area contributed by atoms with Crippen molar-refractivity contribution < 1.29 is 22.6 Å². The quantitative estimate of drug-likeness (QED) is 0.240. The van der Waals surface area contributed by atoms with E-state index in [1.165, 1.54) is 19.3 Å². The number of Topliss-reactive ketones (excluding diaryl/α,β-unsaturated/α-hetero) is 2. The zero-order valence-electron chi connectivity index (χ0n) is 20.7. The Labute approximate surface area is 193 Å². The molecule has 0 aromatic rings. The molecule has 0 heterocycles. The number of fused-ring (bicyclic) bond motifs is 2. The Morgan fingerprint density at radius 2 is 1.71 bits per heavy atom. The van der Waals surface area contributed by atoms with Crippen molar-refractivity contribution in [3.63, 3.8) is 0 Å². The normalized spacial score (nSPS) is 24.7. The third-order valence-corrected chi connectivity index (χ3v) is 11.3. The van der Waals surface area contributed by atoms with E-state index in [0.717, 1.165) is 25.0 Å². The molecule has 0 amide bonds. The Morgan fingerprint density at radius 1 is 1.13 bits per heavy atom. The van der Waals surface area contributed by atoms with Gasteiger partial charge in [0.1, 0.15) is 16.3 Å². The van der Waals surface area contributed by atoms with Crippen molar-refractivity contribution in [3.8, 4) is 0 Å². The van der Waals surface area contributed by atoms with E-state index in [1.807, 2.05) is 13.8 Å². The molecule has 2 saturated carbocycles. The molecule has 2 rings (SSSR count). The molecule has 5 nitrogen and oxygen atoms in total. The minimum absolute atomic E-state index is 0.0248. The third kappa shape index (κ3) is 7.56. The largest absolute Gasteiger partial charge is 0.748 e. The van der Waals surface area contributed by atoms with Gasteiger partial charge in [0.15, 0.2) is 11.5 Å². The first-order chi connectivity index (χ1) is 14.2. The maximum atomic E-state index is 11.8. The highest BCUT2D eigenvalue weighted by molar-refractivity contribution is 7.98. The van der Waals surface area contributed by atoms with Gasteiger partial charge in [0.25, 0.3) is 0 Å². The van der Waals surface area contributed by atoms with Crippen LogP contribution >= 0.6 is 0 Å². The van der Waals surface area contributed by atoms with Crippen molar-refractivity contribution in [2.75, 3.05) is 11.5 Å². The van der Waals surface area contributed by atoms with Gasteiger partial charge < -0.3 is 4.55 Å². The predicted molar refractivity (Wildman–Crippen MR) is 129 cm³/mol. The molecular formula is C24H44O5S2. The number of hydrogen-bond donors (Lipinski definition) is 0. The first kappa shape index (κ1) is 28.6. The average Bonchev–Trinajstić information content (AvgIpc) is 2.96. The van der Waals surface area contributed by atoms with Crippen LogP contribution in [0.4, 0.5) is 0 Å². The molecule has 2 aliphatic carbocycles. The van der Waals surface area contributed by atoms with Gasteiger partial charge in [-0.15, -0.1) is 0 Å². The molecule has 2 bridgehead atoms. The van der Waals surface area contributed by atoms with Crippen molar-refractivity contribution in [2.45, 2.75) is 110 Å². The number of hydrogen-bond acceptors (Lipinski definition) is 5. The Morgan fingerprint density at radius 3 is 2.10 bits per heavy atom. The monoisotopic (exact) mass is 476 g/mol. The topological polar surface area (TPSA) is 91.3 Å². The van der Waals surface area contributed by atoms with E-state index >= 15 is 0 Å². The molecule has 0 N–H and O–H groups in total. The van der Waals surface area contributed by atoms with Crippen LogP contribution in [-0.2, 0) is 30.6 Å². The zero-order valence-corrected chi connectivity index (χ0v) is 22.3. The molecular weight excluding hydrogens is 432 g/mol. The minimum Gasteiger partial charge on any atom is -0.748 e. The number of unbranched alkanes of at least 4 members (excludes halogenated alkanes) is 3. The summed E-state index contributed by atoms with van der Waals surface area (Å²) in [7, 11) is -4.04. The molecule has 2 fully saturated rings. The Balaban J connectivity index is 0.000000310. The molecule has 2 atom stereocenters. The fourth-order valence-corrected chi connectivity index (χ4v) is 8.85. The van der Waals surface area contributed by atoms with Crippen LogP contribution in [0.3, 0.4) is 0 Å². The predicted octanol–water partition coefficient (Wildman–Crippen LogP) is 4.89. The zero-order chi connectivity index (χ0) is 24.0. The number of ketones is 2. The van der Waals surface area contributed by atoms with Crippen molar-refractivity contribution in [1.82, 2.24) is 0 Å². The fourth-order valence-electron chi connectivity index (χ4n) is 5.29. The van der Waals surface area contributed by atoms with Gasteiger partial charge in [0.2, 0.25) is 0 Å². The molecule has 2 unspecified atom stereocenters. The smallest absolute Gasteiger partial charge is 0.181 e.